The van der Waals surface area contributed by atoms with E-state index in [0.29, 0.717) is 29.3 Å². The van der Waals surface area contributed by atoms with Gasteiger partial charge < -0.3 is 10.6 Å². The molecule has 3 aromatic rings. The summed E-state index contributed by atoms with van der Waals surface area (Å²) in [6, 6.07) is 9.37. The summed E-state index contributed by atoms with van der Waals surface area (Å²) >= 11 is 0. The molecule has 0 spiro atoms. The number of amides is 2. The number of nitrogens with zero attached hydrogens (tertiary/aromatic N) is 3. The predicted octanol–water partition coefficient (Wildman–Crippen LogP) is 3.53. The van der Waals surface area contributed by atoms with Crippen LogP contribution in [0.2, 0.25) is 0 Å². The number of rotatable bonds is 4. The standard InChI is InChI=1S/C18H20N6O/c1-4-19-18(25)24-15-6-5-14-17(22-15)23-16(10-20-14)21-13-8-11(2)7-12(3)9-13/h5-10H,4H2,1-3H3,(H3,19,21,22,23,24,25). The molecule has 3 N–H and O–H groups in total. The second-order valence-electron chi connectivity index (χ2n) is 5.78. The molecule has 25 heavy (non-hydrogen) atoms. The summed E-state index contributed by atoms with van der Waals surface area (Å²) in [4.78, 5) is 24.8. The summed E-state index contributed by atoms with van der Waals surface area (Å²) in [5, 5.41) is 8.57. The van der Waals surface area contributed by atoms with Crippen LogP contribution in [-0.2, 0) is 0 Å². The zero-order valence-corrected chi connectivity index (χ0v) is 14.4. The van der Waals surface area contributed by atoms with E-state index >= 15 is 0 Å². The minimum atomic E-state index is -0.299. The van der Waals surface area contributed by atoms with Gasteiger partial charge in [-0.3, -0.25) is 5.32 Å². The van der Waals surface area contributed by atoms with Crippen LogP contribution in [0.15, 0.2) is 36.5 Å². The summed E-state index contributed by atoms with van der Waals surface area (Å²) in [6.07, 6.45) is 1.67. The number of carbonyl (C=O) groups excluding carboxylic acids is 1. The van der Waals surface area contributed by atoms with E-state index in [1.165, 1.54) is 11.1 Å². The highest BCUT2D eigenvalue weighted by Crippen LogP contribution is 2.19. The van der Waals surface area contributed by atoms with E-state index in [0.717, 1.165) is 5.69 Å². The van der Waals surface area contributed by atoms with Crippen LogP contribution in [0.1, 0.15) is 18.1 Å². The predicted molar refractivity (Wildman–Crippen MR) is 99.2 cm³/mol. The summed E-state index contributed by atoms with van der Waals surface area (Å²) in [5.41, 5.74) is 4.41. The van der Waals surface area contributed by atoms with Crippen LogP contribution in [-0.4, -0.2) is 27.5 Å². The van der Waals surface area contributed by atoms with E-state index in [2.05, 4.69) is 37.0 Å². The number of benzene rings is 1. The van der Waals surface area contributed by atoms with Crippen molar-refractivity contribution in [3.63, 3.8) is 0 Å². The minimum absolute atomic E-state index is 0.299. The molecule has 1 aromatic carbocycles. The number of aryl methyl sites for hydroxylation is 2. The van der Waals surface area contributed by atoms with Gasteiger partial charge in [0.1, 0.15) is 11.3 Å². The summed E-state index contributed by atoms with van der Waals surface area (Å²) < 4.78 is 0. The minimum Gasteiger partial charge on any atom is -0.339 e. The summed E-state index contributed by atoms with van der Waals surface area (Å²) in [6.45, 7) is 6.49. The lowest BCUT2D eigenvalue weighted by Gasteiger charge is -2.09. The number of anilines is 3. The lowest BCUT2D eigenvalue weighted by Crippen LogP contribution is -2.28. The Morgan fingerprint density at radius 2 is 1.76 bits per heavy atom. The monoisotopic (exact) mass is 336 g/mol. The molecule has 0 aliphatic heterocycles. The van der Waals surface area contributed by atoms with Crippen molar-refractivity contribution in [2.24, 2.45) is 0 Å². The van der Waals surface area contributed by atoms with Crippen molar-refractivity contribution >= 4 is 34.5 Å². The third kappa shape index (κ3) is 4.20. The average Bonchev–Trinajstić information content (AvgIpc) is 2.53. The van der Waals surface area contributed by atoms with Gasteiger partial charge in [0.05, 0.1) is 6.20 Å². The topological polar surface area (TPSA) is 91.8 Å². The van der Waals surface area contributed by atoms with E-state index in [1.807, 2.05) is 32.9 Å². The lowest BCUT2D eigenvalue weighted by atomic mass is 10.1. The molecule has 7 heteroatoms. The van der Waals surface area contributed by atoms with Gasteiger partial charge in [-0.1, -0.05) is 6.07 Å². The van der Waals surface area contributed by atoms with Crippen molar-refractivity contribution in [2.75, 3.05) is 17.2 Å². The first-order chi connectivity index (χ1) is 12.0. The third-order valence-corrected chi connectivity index (χ3v) is 3.48. The van der Waals surface area contributed by atoms with Crippen molar-refractivity contribution in [1.82, 2.24) is 20.3 Å². The molecule has 0 fully saturated rings. The SMILES string of the molecule is CCNC(=O)Nc1ccc2ncc(Nc3cc(C)cc(C)c3)nc2n1. The fourth-order valence-corrected chi connectivity index (χ4v) is 2.54. The van der Waals surface area contributed by atoms with Gasteiger partial charge in [0.2, 0.25) is 0 Å². The molecule has 2 heterocycles. The molecule has 2 amide bonds. The molecule has 0 saturated heterocycles. The molecule has 7 nitrogen and oxygen atoms in total. The molecular weight excluding hydrogens is 316 g/mol. The van der Waals surface area contributed by atoms with Crippen molar-refractivity contribution < 1.29 is 4.79 Å². The Bertz CT molecular complexity index is 904. The van der Waals surface area contributed by atoms with Gasteiger partial charge in [0.15, 0.2) is 11.5 Å². The van der Waals surface area contributed by atoms with Crippen molar-refractivity contribution in [2.45, 2.75) is 20.8 Å². The van der Waals surface area contributed by atoms with E-state index in [9.17, 15) is 4.79 Å². The van der Waals surface area contributed by atoms with Gasteiger partial charge in [-0.25, -0.2) is 19.7 Å². The molecule has 0 unspecified atom stereocenters. The van der Waals surface area contributed by atoms with Crippen LogP contribution in [0.3, 0.4) is 0 Å². The maximum atomic E-state index is 11.6. The Hall–Kier alpha value is -3.22. The van der Waals surface area contributed by atoms with Crippen LogP contribution in [0.25, 0.3) is 11.2 Å². The molecule has 3 rings (SSSR count). The number of carbonyl (C=O) groups is 1. The largest absolute Gasteiger partial charge is 0.339 e. The molecule has 0 atom stereocenters. The van der Waals surface area contributed by atoms with Crippen LogP contribution in [0, 0.1) is 13.8 Å². The molecule has 0 radical (unpaired) electrons. The molecule has 0 saturated carbocycles. The average molecular weight is 336 g/mol. The number of fused-ring (bicyclic) bond motifs is 1. The first-order valence-corrected chi connectivity index (χ1v) is 8.07. The molecule has 128 valence electrons. The zero-order valence-electron chi connectivity index (χ0n) is 14.4. The first kappa shape index (κ1) is 16.6. The highest BCUT2D eigenvalue weighted by Gasteiger charge is 2.06. The fourth-order valence-electron chi connectivity index (χ4n) is 2.54. The summed E-state index contributed by atoms with van der Waals surface area (Å²) in [5.74, 6) is 1.02. The normalized spacial score (nSPS) is 10.5. The maximum Gasteiger partial charge on any atom is 0.320 e. The zero-order chi connectivity index (χ0) is 17.8. The Labute approximate surface area is 145 Å². The number of aromatic nitrogens is 3. The molecule has 0 bridgehead atoms. The Morgan fingerprint density at radius 3 is 2.48 bits per heavy atom. The van der Waals surface area contributed by atoms with Crippen molar-refractivity contribution in [3.8, 4) is 0 Å². The van der Waals surface area contributed by atoms with Gasteiger partial charge in [0, 0.05) is 12.2 Å². The van der Waals surface area contributed by atoms with Crippen molar-refractivity contribution in [1.29, 1.82) is 0 Å². The van der Waals surface area contributed by atoms with Gasteiger partial charge in [-0.05, 0) is 56.2 Å². The highest BCUT2D eigenvalue weighted by molar-refractivity contribution is 5.89. The smallest absolute Gasteiger partial charge is 0.320 e. The lowest BCUT2D eigenvalue weighted by molar-refractivity contribution is 0.252. The van der Waals surface area contributed by atoms with Crippen molar-refractivity contribution in [3.05, 3.63) is 47.7 Å². The quantitative estimate of drug-likeness (QED) is 0.678. The van der Waals surface area contributed by atoms with Crippen LogP contribution < -0.4 is 16.0 Å². The van der Waals surface area contributed by atoms with Gasteiger partial charge >= 0.3 is 6.03 Å². The first-order valence-electron chi connectivity index (χ1n) is 8.07. The number of pyridine rings is 1. The van der Waals surface area contributed by atoms with Crippen LogP contribution in [0.4, 0.5) is 22.1 Å². The van der Waals surface area contributed by atoms with E-state index in [4.69, 9.17) is 0 Å². The van der Waals surface area contributed by atoms with Gasteiger partial charge in [-0.2, -0.15) is 0 Å². The Morgan fingerprint density at radius 1 is 1.04 bits per heavy atom. The van der Waals surface area contributed by atoms with E-state index in [-0.39, 0.29) is 6.03 Å². The second kappa shape index (κ2) is 7.12. The van der Waals surface area contributed by atoms with Crippen LogP contribution in [0.5, 0.6) is 0 Å². The number of urea groups is 1. The molecule has 0 aliphatic rings. The number of nitrogens with one attached hydrogen (secondary N) is 3. The fraction of sp³-hybridized carbons (Fsp3) is 0.222. The molecule has 0 aliphatic carbocycles. The van der Waals surface area contributed by atoms with Crippen LogP contribution >= 0.6 is 0 Å². The number of hydrogen-bond acceptors (Lipinski definition) is 5. The van der Waals surface area contributed by atoms with E-state index < -0.39 is 0 Å². The second-order valence-corrected chi connectivity index (χ2v) is 5.78. The van der Waals surface area contributed by atoms with Gasteiger partial charge in [-0.15, -0.1) is 0 Å². The van der Waals surface area contributed by atoms with Gasteiger partial charge in [0.25, 0.3) is 0 Å². The maximum absolute atomic E-state index is 11.6. The number of hydrogen-bond donors (Lipinski definition) is 3. The highest BCUT2D eigenvalue weighted by atomic mass is 16.2. The van der Waals surface area contributed by atoms with E-state index in [1.54, 1.807) is 18.3 Å². The third-order valence-electron chi connectivity index (χ3n) is 3.48. The summed E-state index contributed by atoms with van der Waals surface area (Å²) in [7, 11) is 0. The molecule has 2 aromatic heterocycles. The Balaban J connectivity index is 1.86. The molecular formula is C18H20N6O. The Kier molecular flexibility index (Phi) is 4.74.